The van der Waals surface area contributed by atoms with E-state index in [1.54, 1.807) is 16.9 Å². The molecule has 0 amide bonds. The molecule has 1 heterocycles. The number of ketones is 1. The Balaban J connectivity index is 2.06. The summed E-state index contributed by atoms with van der Waals surface area (Å²) in [6, 6.07) is 2.08. The maximum atomic E-state index is 12.1. The second-order valence-electron chi connectivity index (χ2n) is 4.32. The molecule has 1 aromatic heterocycles. The molecule has 0 radical (unpaired) electrons. The number of nitrogens with zero attached hydrogens (tertiary/aromatic N) is 2. The van der Waals surface area contributed by atoms with Gasteiger partial charge in [0.05, 0.1) is 0 Å². The minimum absolute atomic E-state index is 0.153. The highest BCUT2D eigenvalue weighted by molar-refractivity contribution is 5.96. The third-order valence-electron chi connectivity index (χ3n) is 3.22. The second-order valence-corrected chi connectivity index (χ2v) is 4.32. The van der Waals surface area contributed by atoms with Crippen LogP contribution in [0.1, 0.15) is 36.2 Å². The monoisotopic (exact) mass is 207 g/mol. The van der Waals surface area contributed by atoms with Crippen molar-refractivity contribution >= 4 is 5.78 Å². The van der Waals surface area contributed by atoms with Crippen LogP contribution < -0.4 is 5.73 Å². The molecule has 82 valence electrons. The van der Waals surface area contributed by atoms with E-state index in [0.717, 1.165) is 31.4 Å². The van der Waals surface area contributed by atoms with E-state index in [1.165, 1.54) is 0 Å². The molecule has 2 N–H and O–H groups in total. The van der Waals surface area contributed by atoms with Crippen molar-refractivity contribution in [2.75, 3.05) is 0 Å². The zero-order chi connectivity index (χ0) is 10.8. The van der Waals surface area contributed by atoms with Crippen LogP contribution in [0.25, 0.3) is 0 Å². The van der Waals surface area contributed by atoms with Crippen molar-refractivity contribution in [1.82, 2.24) is 9.78 Å². The van der Waals surface area contributed by atoms with Crippen molar-refractivity contribution in [1.29, 1.82) is 0 Å². The molecule has 0 atom stereocenters. The summed E-state index contributed by atoms with van der Waals surface area (Å²) in [5, 5.41) is 4.02. The van der Waals surface area contributed by atoms with Gasteiger partial charge in [-0.1, -0.05) is 0 Å². The predicted molar refractivity (Wildman–Crippen MR) is 57.5 cm³/mol. The Labute approximate surface area is 89.5 Å². The number of aryl methyl sites for hydroxylation is 1. The van der Waals surface area contributed by atoms with Gasteiger partial charge in [0.25, 0.3) is 0 Å². The number of hydrogen-bond donors (Lipinski definition) is 1. The van der Waals surface area contributed by atoms with Gasteiger partial charge < -0.3 is 5.73 Å². The first-order valence-electron chi connectivity index (χ1n) is 5.46. The van der Waals surface area contributed by atoms with Crippen LogP contribution in [0.2, 0.25) is 0 Å². The quantitative estimate of drug-likeness (QED) is 0.739. The van der Waals surface area contributed by atoms with E-state index in [9.17, 15) is 4.79 Å². The van der Waals surface area contributed by atoms with Gasteiger partial charge in [-0.05, 0) is 31.7 Å². The summed E-state index contributed by atoms with van der Waals surface area (Å²) in [7, 11) is 1.81. The lowest BCUT2D eigenvalue weighted by Gasteiger charge is -2.24. The van der Waals surface area contributed by atoms with Gasteiger partial charge in [-0.15, -0.1) is 0 Å². The molecule has 0 aliphatic heterocycles. The van der Waals surface area contributed by atoms with E-state index in [2.05, 4.69) is 5.10 Å². The molecule has 0 aromatic carbocycles. The lowest BCUT2D eigenvalue weighted by Crippen LogP contribution is -2.30. The molecule has 1 fully saturated rings. The Hall–Kier alpha value is -1.16. The van der Waals surface area contributed by atoms with Gasteiger partial charge in [-0.3, -0.25) is 9.48 Å². The van der Waals surface area contributed by atoms with Gasteiger partial charge in [-0.25, -0.2) is 0 Å². The van der Waals surface area contributed by atoms with Gasteiger partial charge in [0.1, 0.15) is 5.69 Å². The maximum Gasteiger partial charge on any atom is 0.183 e. The topological polar surface area (TPSA) is 60.9 Å². The van der Waals surface area contributed by atoms with Crippen LogP contribution in [0, 0.1) is 5.92 Å². The van der Waals surface area contributed by atoms with Gasteiger partial charge in [0, 0.05) is 25.2 Å². The Morgan fingerprint density at radius 1 is 1.47 bits per heavy atom. The molecular formula is C11H17N3O. The minimum Gasteiger partial charge on any atom is -0.328 e. The predicted octanol–water partition coefficient (Wildman–Crippen LogP) is 1.12. The molecular weight excluding hydrogens is 190 g/mol. The Morgan fingerprint density at radius 2 is 2.13 bits per heavy atom. The summed E-state index contributed by atoms with van der Waals surface area (Å²) >= 11 is 0. The van der Waals surface area contributed by atoms with E-state index in [1.807, 2.05) is 7.05 Å². The Morgan fingerprint density at radius 3 is 2.67 bits per heavy atom. The fraction of sp³-hybridized carbons (Fsp3) is 0.636. The molecule has 4 nitrogen and oxygen atoms in total. The SMILES string of the molecule is Cn1nccc1C(=O)C1CCC(N)CC1. The Kier molecular flexibility index (Phi) is 2.86. The van der Waals surface area contributed by atoms with Crippen LogP contribution >= 0.6 is 0 Å². The number of Topliss-reactive ketones (excluding diaryl/α,β-unsaturated/α-hetero) is 1. The summed E-state index contributed by atoms with van der Waals surface area (Å²) in [5.41, 5.74) is 6.53. The van der Waals surface area contributed by atoms with E-state index < -0.39 is 0 Å². The van der Waals surface area contributed by atoms with Gasteiger partial charge in [-0.2, -0.15) is 5.10 Å². The summed E-state index contributed by atoms with van der Waals surface area (Å²) in [4.78, 5) is 12.1. The van der Waals surface area contributed by atoms with Gasteiger partial charge in [0.15, 0.2) is 5.78 Å². The number of nitrogens with two attached hydrogens (primary N) is 1. The van der Waals surface area contributed by atoms with E-state index in [0.29, 0.717) is 6.04 Å². The first-order chi connectivity index (χ1) is 7.18. The van der Waals surface area contributed by atoms with E-state index in [4.69, 9.17) is 5.73 Å². The third-order valence-corrected chi connectivity index (χ3v) is 3.22. The molecule has 4 heteroatoms. The zero-order valence-corrected chi connectivity index (χ0v) is 9.02. The van der Waals surface area contributed by atoms with Crippen molar-refractivity contribution < 1.29 is 4.79 Å². The molecule has 1 saturated carbocycles. The molecule has 0 bridgehead atoms. The Bertz CT molecular complexity index is 350. The highest BCUT2D eigenvalue weighted by atomic mass is 16.1. The molecule has 1 aromatic rings. The highest BCUT2D eigenvalue weighted by Crippen LogP contribution is 2.26. The van der Waals surface area contributed by atoms with Crippen LogP contribution in [-0.4, -0.2) is 21.6 Å². The molecule has 15 heavy (non-hydrogen) atoms. The molecule has 1 aliphatic carbocycles. The summed E-state index contributed by atoms with van der Waals surface area (Å²) < 4.78 is 1.65. The summed E-state index contributed by atoms with van der Waals surface area (Å²) in [6.45, 7) is 0. The third kappa shape index (κ3) is 2.09. The number of carbonyl (C=O) groups excluding carboxylic acids is 1. The number of carbonyl (C=O) groups is 1. The van der Waals surface area contributed by atoms with Crippen molar-refractivity contribution in [3.05, 3.63) is 18.0 Å². The van der Waals surface area contributed by atoms with E-state index in [-0.39, 0.29) is 11.7 Å². The normalized spacial score (nSPS) is 26.5. The van der Waals surface area contributed by atoms with E-state index >= 15 is 0 Å². The average Bonchev–Trinajstić information content (AvgIpc) is 2.65. The number of rotatable bonds is 2. The molecule has 0 unspecified atom stereocenters. The van der Waals surface area contributed by atoms with Crippen molar-refractivity contribution in [3.8, 4) is 0 Å². The van der Waals surface area contributed by atoms with Crippen LogP contribution in [0.15, 0.2) is 12.3 Å². The van der Waals surface area contributed by atoms with Crippen LogP contribution in [-0.2, 0) is 7.05 Å². The molecule has 1 aliphatic rings. The van der Waals surface area contributed by atoms with Crippen LogP contribution in [0.3, 0.4) is 0 Å². The van der Waals surface area contributed by atoms with Gasteiger partial charge in [0.2, 0.25) is 0 Å². The summed E-state index contributed by atoms with van der Waals surface area (Å²) in [6.07, 6.45) is 5.45. The second kappa shape index (κ2) is 4.14. The fourth-order valence-electron chi connectivity index (χ4n) is 2.21. The highest BCUT2D eigenvalue weighted by Gasteiger charge is 2.26. The number of aromatic nitrogens is 2. The average molecular weight is 207 g/mol. The lowest BCUT2D eigenvalue weighted by molar-refractivity contribution is 0.0875. The molecule has 2 rings (SSSR count). The number of hydrogen-bond acceptors (Lipinski definition) is 3. The lowest BCUT2D eigenvalue weighted by atomic mass is 9.83. The van der Waals surface area contributed by atoms with Gasteiger partial charge >= 0.3 is 0 Å². The maximum absolute atomic E-state index is 12.1. The van der Waals surface area contributed by atoms with Crippen LogP contribution in [0.5, 0.6) is 0 Å². The summed E-state index contributed by atoms with van der Waals surface area (Å²) in [5.74, 6) is 0.377. The fourth-order valence-corrected chi connectivity index (χ4v) is 2.21. The van der Waals surface area contributed by atoms with Crippen molar-refractivity contribution in [2.45, 2.75) is 31.7 Å². The zero-order valence-electron chi connectivity index (χ0n) is 9.02. The minimum atomic E-state index is 0.153. The van der Waals surface area contributed by atoms with Crippen molar-refractivity contribution in [3.63, 3.8) is 0 Å². The first kappa shape index (κ1) is 10.4. The standard InChI is InChI=1S/C11H17N3O/c1-14-10(6-7-13-14)11(15)8-2-4-9(12)5-3-8/h6-9H,2-5,12H2,1H3. The smallest absolute Gasteiger partial charge is 0.183 e. The molecule has 0 saturated heterocycles. The largest absolute Gasteiger partial charge is 0.328 e. The first-order valence-corrected chi connectivity index (χ1v) is 5.46. The van der Waals surface area contributed by atoms with Crippen LogP contribution in [0.4, 0.5) is 0 Å². The van der Waals surface area contributed by atoms with Crippen molar-refractivity contribution in [2.24, 2.45) is 18.7 Å². The molecule has 0 spiro atoms.